The molecule has 1 N–H and O–H groups in total. The highest BCUT2D eigenvalue weighted by Gasteiger charge is 2.53. The SMILES string of the molecule is N#CC1C2CCNC12. The van der Waals surface area contributed by atoms with Gasteiger partial charge in [-0.25, -0.2) is 0 Å². The molecule has 8 heavy (non-hydrogen) atoms. The van der Waals surface area contributed by atoms with Crippen LogP contribution in [0.3, 0.4) is 0 Å². The molecule has 0 radical (unpaired) electrons. The van der Waals surface area contributed by atoms with Crippen LogP contribution in [0.4, 0.5) is 0 Å². The summed E-state index contributed by atoms with van der Waals surface area (Å²) in [5.41, 5.74) is 0. The topological polar surface area (TPSA) is 35.8 Å². The first-order valence-electron chi connectivity index (χ1n) is 3.06. The zero-order valence-electron chi connectivity index (χ0n) is 4.59. The van der Waals surface area contributed by atoms with Gasteiger partial charge in [0.2, 0.25) is 0 Å². The molecule has 0 aromatic rings. The minimum absolute atomic E-state index is 0.365. The van der Waals surface area contributed by atoms with Gasteiger partial charge in [-0.05, 0) is 18.9 Å². The van der Waals surface area contributed by atoms with Gasteiger partial charge in [0.05, 0.1) is 12.0 Å². The van der Waals surface area contributed by atoms with Gasteiger partial charge in [0.15, 0.2) is 0 Å². The van der Waals surface area contributed by atoms with Crippen LogP contribution in [0.1, 0.15) is 6.42 Å². The Morgan fingerprint density at radius 3 is 2.88 bits per heavy atom. The van der Waals surface area contributed by atoms with Gasteiger partial charge >= 0.3 is 0 Å². The van der Waals surface area contributed by atoms with E-state index in [9.17, 15) is 0 Å². The van der Waals surface area contributed by atoms with Crippen molar-refractivity contribution in [2.45, 2.75) is 12.5 Å². The summed E-state index contributed by atoms with van der Waals surface area (Å²) in [6.07, 6.45) is 1.23. The normalized spacial score (nSPS) is 50.1. The second-order valence-electron chi connectivity index (χ2n) is 2.59. The number of nitriles is 1. The van der Waals surface area contributed by atoms with Gasteiger partial charge in [0.25, 0.3) is 0 Å². The molecular weight excluding hydrogens is 100 g/mol. The van der Waals surface area contributed by atoms with E-state index in [-0.39, 0.29) is 0 Å². The maximum atomic E-state index is 8.42. The molecule has 1 heterocycles. The molecule has 3 atom stereocenters. The molecule has 3 unspecified atom stereocenters. The summed E-state index contributed by atoms with van der Waals surface area (Å²) in [4.78, 5) is 0. The third-order valence-corrected chi connectivity index (χ3v) is 2.18. The van der Waals surface area contributed by atoms with E-state index in [1.807, 2.05) is 0 Å². The first-order chi connectivity index (χ1) is 3.93. The predicted molar refractivity (Wildman–Crippen MR) is 29.0 cm³/mol. The van der Waals surface area contributed by atoms with Crippen molar-refractivity contribution >= 4 is 0 Å². The minimum Gasteiger partial charge on any atom is -0.312 e. The Balaban J connectivity index is 2.06. The van der Waals surface area contributed by atoms with Gasteiger partial charge in [-0.1, -0.05) is 0 Å². The number of nitrogens with zero attached hydrogens (tertiary/aromatic N) is 1. The van der Waals surface area contributed by atoms with Crippen molar-refractivity contribution in [2.75, 3.05) is 6.54 Å². The average molecular weight is 108 g/mol. The fourth-order valence-electron chi connectivity index (χ4n) is 1.60. The largest absolute Gasteiger partial charge is 0.312 e. The number of rotatable bonds is 0. The summed E-state index contributed by atoms with van der Waals surface area (Å²) in [7, 11) is 0. The first-order valence-corrected chi connectivity index (χ1v) is 3.06. The molecule has 2 aliphatic rings. The molecule has 2 fully saturated rings. The third-order valence-electron chi connectivity index (χ3n) is 2.18. The zero-order chi connectivity index (χ0) is 5.56. The molecule has 0 bridgehead atoms. The first kappa shape index (κ1) is 4.34. The van der Waals surface area contributed by atoms with Gasteiger partial charge < -0.3 is 5.32 Å². The van der Waals surface area contributed by atoms with E-state index in [4.69, 9.17) is 5.26 Å². The van der Waals surface area contributed by atoms with Crippen molar-refractivity contribution in [1.82, 2.24) is 5.32 Å². The Morgan fingerprint density at radius 2 is 2.50 bits per heavy atom. The van der Waals surface area contributed by atoms with Crippen LogP contribution >= 0.6 is 0 Å². The van der Waals surface area contributed by atoms with Crippen LogP contribution in [0, 0.1) is 23.2 Å². The number of fused-ring (bicyclic) bond motifs is 1. The molecule has 2 rings (SSSR count). The Morgan fingerprint density at radius 1 is 1.62 bits per heavy atom. The smallest absolute Gasteiger partial charge is 0.0675 e. The van der Waals surface area contributed by atoms with E-state index >= 15 is 0 Å². The van der Waals surface area contributed by atoms with Crippen LogP contribution in [0.25, 0.3) is 0 Å². The van der Waals surface area contributed by atoms with E-state index in [1.165, 1.54) is 6.42 Å². The van der Waals surface area contributed by atoms with Gasteiger partial charge in [0, 0.05) is 6.04 Å². The molecule has 1 aliphatic heterocycles. The van der Waals surface area contributed by atoms with Gasteiger partial charge in [-0.15, -0.1) is 0 Å². The molecule has 0 aromatic carbocycles. The molecular formula is C6H8N2. The Bertz CT molecular complexity index is 137. The highest BCUT2D eigenvalue weighted by molar-refractivity contribution is 5.16. The fourth-order valence-corrected chi connectivity index (χ4v) is 1.60. The van der Waals surface area contributed by atoms with Gasteiger partial charge in [-0.3, -0.25) is 0 Å². The molecule has 2 nitrogen and oxygen atoms in total. The quantitative estimate of drug-likeness (QED) is 0.478. The van der Waals surface area contributed by atoms with E-state index < -0.39 is 0 Å². The fraction of sp³-hybridized carbons (Fsp3) is 0.833. The molecule has 0 aromatic heterocycles. The minimum atomic E-state index is 0.365. The average Bonchev–Trinajstić information content (AvgIpc) is 2.22. The summed E-state index contributed by atoms with van der Waals surface area (Å²) >= 11 is 0. The molecule has 0 spiro atoms. The number of nitrogens with one attached hydrogen (secondary N) is 1. The number of hydrogen-bond acceptors (Lipinski definition) is 2. The number of piperidine rings is 1. The molecule has 0 amide bonds. The zero-order valence-corrected chi connectivity index (χ0v) is 4.59. The molecule has 1 saturated heterocycles. The van der Waals surface area contributed by atoms with Crippen LogP contribution in [0.5, 0.6) is 0 Å². The summed E-state index contributed by atoms with van der Waals surface area (Å²) in [5.74, 6) is 1.09. The van der Waals surface area contributed by atoms with E-state index in [1.54, 1.807) is 0 Å². The summed E-state index contributed by atoms with van der Waals surface area (Å²) in [5, 5.41) is 11.7. The Hall–Kier alpha value is -0.550. The van der Waals surface area contributed by atoms with Crippen molar-refractivity contribution in [2.24, 2.45) is 11.8 Å². The molecule has 42 valence electrons. The summed E-state index contributed by atoms with van der Waals surface area (Å²) < 4.78 is 0. The summed E-state index contributed by atoms with van der Waals surface area (Å²) in [6.45, 7) is 1.13. The lowest BCUT2D eigenvalue weighted by Gasteiger charge is -1.91. The van der Waals surface area contributed by atoms with Crippen LogP contribution in [0.15, 0.2) is 0 Å². The van der Waals surface area contributed by atoms with Crippen LogP contribution in [-0.4, -0.2) is 12.6 Å². The van der Waals surface area contributed by atoms with Crippen molar-refractivity contribution < 1.29 is 0 Å². The summed E-state index contributed by atoms with van der Waals surface area (Å²) in [6, 6.07) is 2.86. The second kappa shape index (κ2) is 1.24. The van der Waals surface area contributed by atoms with Crippen molar-refractivity contribution in [3.63, 3.8) is 0 Å². The van der Waals surface area contributed by atoms with Crippen LogP contribution < -0.4 is 5.32 Å². The van der Waals surface area contributed by atoms with Crippen molar-refractivity contribution in [1.29, 1.82) is 5.26 Å². The lowest BCUT2D eigenvalue weighted by molar-refractivity contribution is 0.681. The van der Waals surface area contributed by atoms with E-state index in [0.29, 0.717) is 12.0 Å². The predicted octanol–water partition coefficient (Wildman–Crippen LogP) is 0.118. The lowest BCUT2D eigenvalue weighted by atomic mass is 10.2. The number of hydrogen-bond donors (Lipinski definition) is 1. The van der Waals surface area contributed by atoms with Crippen molar-refractivity contribution in [3.8, 4) is 6.07 Å². The van der Waals surface area contributed by atoms with E-state index in [2.05, 4.69) is 11.4 Å². The Kier molecular flexibility index (Phi) is 0.671. The van der Waals surface area contributed by atoms with Crippen LogP contribution in [0.2, 0.25) is 0 Å². The maximum Gasteiger partial charge on any atom is 0.0675 e. The van der Waals surface area contributed by atoms with E-state index in [0.717, 1.165) is 12.5 Å². The van der Waals surface area contributed by atoms with Gasteiger partial charge in [-0.2, -0.15) is 5.26 Å². The Labute approximate surface area is 48.5 Å². The van der Waals surface area contributed by atoms with Crippen molar-refractivity contribution in [3.05, 3.63) is 0 Å². The standard InChI is InChI=1S/C6H8N2/c7-3-5-4-1-2-8-6(4)5/h4-6,8H,1-2H2. The highest BCUT2D eigenvalue weighted by atomic mass is 15.0. The lowest BCUT2D eigenvalue weighted by Crippen LogP contribution is -2.14. The molecule has 1 aliphatic carbocycles. The van der Waals surface area contributed by atoms with Gasteiger partial charge in [0.1, 0.15) is 0 Å². The molecule has 2 heteroatoms. The van der Waals surface area contributed by atoms with Crippen LogP contribution in [-0.2, 0) is 0 Å². The molecule has 1 saturated carbocycles. The third kappa shape index (κ3) is 0.354. The monoisotopic (exact) mass is 108 g/mol. The second-order valence-corrected chi connectivity index (χ2v) is 2.59. The highest BCUT2D eigenvalue weighted by Crippen LogP contribution is 2.44. The maximum absolute atomic E-state index is 8.42.